The van der Waals surface area contributed by atoms with E-state index in [9.17, 15) is 5.11 Å². The Labute approximate surface area is 93.7 Å². The first kappa shape index (κ1) is 10.3. The van der Waals surface area contributed by atoms with Crippen molar-refractivity contribution in [1.82, 2.24) is 0 Å². The Morgan fingerprint density at radius 1 is 1.43 bits per heavy atom. The van der Waals surface area contributed by atoms with Crippen molar-refractivity contribution < 1.29 is 5.11 Å². The van der Waals surface area contributed by atoms with E-state index in [1.807, 2.05) is 19.1 Å². The number of aliphatic hydroxyl groups excluding tert-OH is 1. The van der Waals surface area contributed by atoms with Crippen LogP contribution in [0.4, 0.5) is 0 Å². The van der Waals surface area contributed by atoms with Crippen LogP contribution in [0.1, 0.15) is 24.8 Å². The molecule has 0 amide bonds. The molecule has 1 saturated carbocycles. The van der Waals surface area contributed by atoms with Gasteiger partial charge >= 0.3 is 0 Å². The largest absolute Gasteiger partial charge is 0.393 e. The Morgan fingerprint density at radius 3 is 2.64 bits per heavy atom. The van der Waals surface area contributed by atoms with Crippen LogP contribution in [0.15, 0.2) is 18.2 Å². The summed E-state index contributed by atoms with van der Waals surface area (Å²) >= 11 is 11.9. The number of aliphatic hydroxyl groups is 1. The Bertz CT molecular complexity index is 349. The van der Waals surface area contributed by atoms with E-state index in [-0.39, 0.29) is 6.10 Å². The second-order valence-corrected chi connectivity index (χ2v) is 4.76. The second kappa shape index (κ2) is 3.73. The van der Waals surface area contributed by atoms with Crippen LogP contribution in [0.2, 0.25) is 10.0 Å². The lowest BCUT2D eigenvalue weighted by Gasteiger charge is -2.05. The van der Waals surface area contributed by atoms with Gasteiger partial charge in [0, 0.05) is 10.0 Å². The molecule has 0 heterocycles. The Morgan fingerprint density at radius 2 is 2.14 bits per heavy atom. The lowest BCUT2D eigenvalue weighted by Crippen LogP contribution is -2.03. The molecular formula is C11H12Cl2O. The van der Waals surface area contributed by atoms with Crippen LogP contribution in [0.25, 0.3) is 0 Å². The van der Waals surface area contributed by atoms with Crippen LogP contribution >= 0.6 is 23.2 Å². The molecule has 3 heteroatoms. The summed E-state index contributed by atoms with van der Waals surface area (Å²) in [5.41, 5.74) is 1.11. The fourth-order valence-corrected chi connectivity index (χ4v) is 2.46. The maximum atomic E-state index is 9.40. The summed E-state index contributed by atoms with van der Waals surface area (Å²) in [4.78, 5) is 0. The van der Waals surface area contributed by atoms with E-state index in [0.29, 0.717) is 21.9 Å². The molecule has 76 valence electrons. The van der Waals surface area contributed by atoms with Gasteiger partial charge in [-0.2, -0.15) is 0 Å². The van der Waals surface area contributed by atoms with E-state index in [1.165, 1.54) is 0 Å². The van der Waals surface area contributed by atoms with Crippen molar-refractivity contribution in [2.75, 3.05) is 0 Å². The van der Waals surface area contributed by atoms with Crippen molar-refractivity contribution in [3.8, 4) is 0 Å². The van der Waals surface area contributed by atoms with Crippen LogP contribution < -0.4 is 0 Å². The summed E-state index contributed by atoms with van der Waals surface area (Å²) in [7, 11) is 0. The normalized spacial score (nSPS) is 27.4. The highest BCUT2D eigenvalue weighted by molar-refractivity contribution is 6.35. The minimum absolute atomic E-state index is 0.244. The number of benzene rings is 1. The first-order chi connectivity index (χ1) is 6.59. The number of hydrogen-bond donors (Lipinski definition) is 1. The van der Waals surface area contributed by atoms with Crippen molar-refractivity contribution in [2.45, 2.75) is 25.4 Å². The van der Waals surface area contributed by atoms with Gasteiger partial charge in [0.05, 0.1) is 6.10 Å². The average Bonchev–Trinajstić information content (AvgIpc) is 2.83. The van der Waals surface area contributed by atoms with Gasteiger partial charge in [-0.3, -0.25) is 0 Å². The van der Waals surface area contributed by atoms with Crippen molar-refractivity contribution >= 4 is 23.2 Å². The lowest BCUT2D eigenvalue weighted by atomic mass is 10.1. The van der Waals surface area contributed by atoms with Gasteiger partial charge in [0.1, 0.15) is 0 Å². The smallest absolute Gasteiger partial charge is 0.0546 e. The first-order valence-electron chi connectivity index (χ1n) is 4.72. The van der Waals surface area contributed by atoms with E-state index >= 15 is 0 Å². The molecular weight excluding hydrogens is 219 g/mol. The van der Waals surface area contributed by atoms with Crippen molar-refractivity contribution in [3.63, 3.8) is 0 Å². The zero-order valence-electron chi connectivity index (χ0n) is 7.87. The average molecular weight is 231 g/mol. The minimum Gasteiger partial charge on any atom is -0.393 e. The van der Waals surface area contributed by atoms with Gasteiger partial charge < -0.3 is 5.11 Å². The standard InChI is InChI=1S/C11H12Cl2O/c1-6(14)9-5-10(9)8-3-2-7(12)4-11(8)13/h2-4,6,9-10,14H,5H2,1H3. The van der Waals surface area contributed by atoms with Crippen LogP contribution in [0, 0.1) is 5.92 Å². The maximum Gasteiger partial charge on any atom is 0.0546 e. The molecule has 0 radical (unpaired) electrons. The third kappa shape index (κ3) is 1.90. The maximum absolute atomic E-state index is 9.40. The molecule has 14 heavy (non-hydrogen) atoms. The highest BCUT2D eigenvalue weighted by Gasteiger charge is 2.42. The molecule has 0 spiro atoms. The quantitative estimate of drug-likeness (QED) is 0.826. The monoisotopic (exact) mass is 230 g/mol. The van der Waals surface area contributed by atoms with Gasteiger partial charge in [0.2, 0.25) is 0 Å². The summed E-state index contributed by atoms with van der Waals surface area (Å²) in [6.45, 7) is 1.83. The summed E-state index contributed by atoms with van der Waals surface area (Å²) in [5, 5.41) is 10.8. The Kier molecular flexibility index (Phi) is 2.74. The fraction of sp³-hybridized carbons (Fsp3) is 0.455. The van der Waals surface area contributed by atoms with Gasteiger partial charge in [0.15, 0.2) is 0 Å². The molecule has 0 aliphatic heterocycles. The molecule has 3 unspecified atom stereocenters. The van der Waals surface area contributed by atoms with Gasteiger partial charge in [0.25, 0.3) is 0 Å². The molecule has 1 aliphatic rings. The molecule has 3 atom stereocenters. The predicted octanol–water partition coefficient (Wildman–Crippen LogP) is 3.48. The summed E-state index contributed by atoms with van der Waals surface area (Å²) in [5.74, 6) is 0.786. The minimum atomic E-state index is -0.244. The molecule has 1 aromatic rings. The van der Waals surface area contributed by atoms with E-state index in [0.717, 1.165) is 12.0 Å². The van der Waals surface area contributed by atoms with Crippen molar-refractivity contribution in [3.05, 3.63) is 33.8 Å². The second-order valence-electron chi connectivity index (χ2n) is 3.91. The zero-order valence-corrected chi connectivity index (χ0v) is 9.39. The first-order valence-corrected chi connectivity index (χ1v) is 5.48. The number of halogens is 2. The molecule has 1 aromatic carbocycles. The number of hydrogen-bond acceptors (Lipinski definition) is 1. The van der Waals surface area contributed by atoms with E-state index < -0.39 is 0 Å². The zero-order chi connectivity index (χ0) is 10.3. The van der Waals surface area contributed by atoms with E-state index in [4.69, 9.17) is 23.2 Å². The van der Waals surface area contributed by atoms with Gasteiger partial charge in [-0.05, 0) is 42.9 Å². The van der Waals surface area contributed by atoms with Gasteiger partial charge in [-0.25, -0.2) is 0 Å². The van der Waals surface area contributed by atoms with Gasteiger partial charge in [-0.15, -0.1) is 0 Å². The third-order valence-electron chi connectivity index (χ3n) is 2.82. The summed E-state index contributed by atoms with van der Waals surface area (Å²) in [6.07, 6.45) is 0.783. The Balaban J connectivity index is 2.19. The Hall–Kier alpha value is -0.240. The van der Waals surface area contributed by atoms with Crippen LogP contribution in [0.3, 0.4) is 0 Å². The van der Waals surface area contributed by atoms with Crippen LogP contribution in [-0.2, 0) is 0 Å². The van der Waals surface area contributed by atoms with E-state index in [2.05, 4.69) is 0 Å². The third-order valence-corrected chi connectivity index (χ3v) is 3.38. The van der Waals surface area contributed by atoms with Gasteiger partial charge in [-0.1, -0.05) is 29.3 Å². The summed E-state index contributed by atoms with van der Waals surface area (Å²) < 4.78 is 0. The fourth-order valence-electron chi connectivity index (χ4n) is 1.91. The molecule has 0 bridgehead atoms. The number of rotatable bonds is 2. The molecule has 1 nitrogen and oxygen atoms in total. The molecule has 2 rings (SSSR count). The molecule has 1 fully saturated rings. The molecule has 1 N–H and O–H groups in total. The molecule has 1 aliphatic carbocycles. The van der Waals surface area contributed by atoms with E-state index in [1.54, 1.807) is 6.07 Å². The highest BCUT2D eigenvalue weighted by atomic mass is 35.5. The topological polar surface area (TPSA) is 20.2 Å². The summed E-state index contributed by atoms with van der Waals surface area (Å²) in [6, 6.07) is 5.56. The predicted molar refractivity (Wildman–Crippen MR) is 59.0 cm³/mol. The SMILES string of the molecule is CC(O)C1CC1c1ccc(Cl)cc1Cl. The highest BCUT2D eigenvalue weighted by Crippen LogP contribution is 2.51. The van der Waals surface area contributed by atoms with Crippen LogP contribution in [0.5, 0.6) is 0 Å². The molecule has 0 aromatic heterocycles. The molecule has 0 saturated heterocycles. The van der Waals surface area contributed by atoms with Crippen LogP contribution in [-0.4, -0.2) is 11.2 Å². The lowest BCUT2D eigenvalue weighted by molar-refractivity contribution is 0.169. The van der Waals surface area contributed by atoms with Crippen molar-refractivity contribution in [1.29, 1.82) is 0 Å². The van der Waals surface area contributed by atoms with Crippen molar-refractivity contribution in [2.24, 2.45) is 5.92 Å².